The Morgan fingerprint density at radius 1 is 1.05 bits per heavy atom. The van der Waals surface area contributed by atoms with E-state index in [2.05, 4.69) is 37.1 Å². The van der Waals surface area contributed by atoms with Crippen molar-refractivity contribution in [2.24, 2.45) is 5.10 Å². The summed E-state index contributed by atoms with van der Waals surface area (Å²) in [6.45, 7) is 3.32. The Bertz CT molecular complexity index is 1590. The van der Waals surface area contributed by atoms with Crippen LogP contribution in [0.25, 0.3) is 0 Å². The van der Waals surface area contributed by atoms with Gasteiger partial charge in [-0.1, -0.05) is 34.1 Å². The van der Waals surface area contributed by atoms with E-state index in [9.17, 15) is 18.8 Å². The fourth-order valence-corrected chi connectivity index (χ4v) is 4.63. The number of nitrogens with zero attached hydrogens (tertiary/aromatic N) is 1. The van der Waals surface area contributed by atoms with Gasteiger partial charge < -0.3 is 29.6 Å². The lowest BCUT2D eigenvalue weighted by Gasteiger charge is -2.28. The van der Waals surface area contributed by atoms with Gasteiger partial charge in [-0.15, -0.1) is 0 Å². The number of allylic oxidation sites excluding steroid dienone is 1. The average molecular weight is 670 g/mol. The molecule has 1 heterocycles. The van der Waals surface area contributed by atoms with Gasteiger partial charge in [-0.2, -0.15) is 5.10 Å². The zero-order valence-electron chi connectivity index (χ0n) is 24.1. The quantitative estimate of drug-likeness (QED) is 0.142. The van der Waals surface area contributed by atoms with E-state index in [1.807, 2.05) is 0 Å². The molecular weight excluding hydrogens is 639 g/mol. The molecule has 3 aromatic carbocycles. The largest absolute Gasteiger partial charge is 0.493 e. The molecular formula is C31H30BrFN4O7. The highest BCUT2D eigenvalue weighted by Gasteiger charge is 2.32. The van der Waals surface area contributed by atoms with Crippen LogP contribution in [-0.4, -0.2) is 44.4 Å². The number of hydrogen-bond acceptors (Lipinski definition) is 8. The molecule has 4 rings (SSSR count). The number of hydrazone groups is 1. The van der Waals surface area contributed by atoms with E-state index in [-0.39, 0.29) is 42.7 Å². The summed E-state index contributed by atoms with van der Waals surface area (Å²) in [5.41, 5.74) is 4.98. The molecule has 0 saturated carbocycles. The van der Waals surface area contributed by atoms with E-state index in [0.717, 1.165) is 10.0 Å². The first-order valence-corrected chi connectivity index (χ1v) is 14.2. The van der Waals surface area contributed by atoms with Crippen LogP contribution in [0.3, 0.4) is 0 Å². The topological polar surface area (TPSA) is 137 Å². The van der Waals surface area contributed by atoms with Crippen LogP contribution in [0.4, 0.5) is 9.18 Å². The summed E-state index contributed by atoms with van der Waals surface area (Å²) in [4.78, 5) is 37.3. The summed E-state index contributed by atoms with van der Waals surface area (Å²) in [7, 11) is 1.43. The van der Waals surface area contributed by atoms with Gasteiger partial charge in [-0.3, -0.25) is 4.79 Å². The Hall–Kier alpha value is -4.91. The molecule has 1 atom stereocenters. The smallest absolute Gasteiger partial charge is 0.338 e. The lowest BCUT2D eigenvalue weighted by molar-refractivity contribution is -0.139. The first kappa shape index (κ1) is 32.0. The molecule has 3 amide bonds. The zero-order chi connectivity index (χ0) is 31.6. The van der Waals surface area contributed by atoms with Gasteiger partial charge in [0, 0.05) is 15.7 Å². The number of rotatable bonds is 12. The highest BCUT2D eigenvalue weighted by atomic mass is 79.9. The molecule has 0 unspecified atom stereocenters. The van der Waals surface area contributed by atoms with E-state index in [0.29, 0.717) is 22.6 Å². The predicted molar refractivity (Wildman–Crippen MR) is 163 cm³/mol. The molecule has 0 bridgehead atoms. The second kappa shape index (κ2) is 15.0. The number of benzene rings is 3. The molecule has 0 spiro atoms. The van der Waals surface area contributed by atoms with Gasteiger partial charge in [0.25, 0.3) is 5.91 Å². The van der Waals surface area contributed by atoms with Crippen molar-refractivity contribution in [2.45, 2.75) is 26.5 Å². The molecule has 11 nitrogen and oxygen atoms in total. The van der Waals surface area contributed by atoms with E-state index < -0.39 is 23.9 Å². The highest BCUT2D eigenvalue weighted by Crippen LogP contribution is 2.34. The van der Waals surface area contributed by atoms with E-state index in [4.69, 9.17) is 18.9 Å². The van der Waals surface area contributed by atoms with Crippen molar-refractivity contribution in [1.29, 1.82) is 0 Å². The Morgan fingerprint density at radius 2 is 1.80 bits per heavy atom. The molecule has 0 aliphatic carbocycles. The number of nitrogens with one attached hydrogen (secondary N) is 3. The molecule has 3 N–H and O–H groups in total. The van der Waals surface area contributed by atoms with Crippen molar-refractivity contribution in [3.63, 3.8) is 0 Å². The fourth-order valence-electron chi connectivity index (χ4n) is 4.25. The van der Waals surface area contributed by atoms with Crippen LogP contribution >= 0.6 is 15.9 Å². The number of amides is 3. The molecule has 1 aliphatic rings. The molecule has 0 radical (unpaired) electrons. The minimum atomic E-state index is -0.786. The molecule has 13 heteroatoms. The Balaban J connectivity index is 1.39. The predicted octanol–water partition coefficient (Wildman–Crippen LogP) is 4.90. The third-order valence-electron chi connectivity index (χ3n) is 6.32. The Kier molecular flexibility index (Phi) is 10.9. The number of esters is 1. The first-order chi connectivity index (χ1) is 21.2. The van der Waals surface area contributed by atoms with Crippen molar-refractivity contribution >= 4 is 40.1 Å². The SMILES string of the molecule is CCOC(=O)C1=C(C)NC(=O)N[C@H]1c1ccc(OCC(=O)N/N=C\c2cc(Br)ccc2OCc2ccc(F)cc2)c(OC)c1. The summed E-state index contributed by atoms with van der Waals surface area (Å²) in [5, 5.41) is 9.32. The number of carbonyl (C=O) groups is 3. The molecule has 230 valence electrons. The van der Waals surface area contributed by atoms with E-state index >= 15 is 0 Å². The van der Waals surface area contributed by atoms with Crippen LogP contribution < -0.4 is 30.3 Å². The summed E-state index contributed by atoms with van der Waals surface area (Å²) in [6.07, 6.45) is 1.43. The van der Waals surface area contributed by atoms with Gasteiger partial charge in [0.1, 0.15) is 18.2 Å². The van der Waals surface area contributed by atoms with Crippen molar-refractivity contribution in [3.05, 3.63) is 98.9 Å². The van der Waals surface area contributed by atoms with Gasteiger partial charge in [-0.25, -0.2) is 19.4 Å². The number of urea groups is 1. The first-order valence-electron chi connectivity index (χ1n) is 13.4. The summed E-state index contributed by atoms with van der Waals surface area (Å²) >= 11 is 3.41. The number of halogens is 2. The molecule has 0 saturated heterocycles. The minimum Gasteiger partial charge on any atom is -0.493 e. The molecule has 0 fully saturated rings. The summed E-state index contributed by atoms with van der Waals surface area (Å²) in [5.74, 6) is -0.372. The Labute approximate surface area is 261 Å². The van der Waals surface area contributed by atoms with Crippen LogP contribution in [0.5, 0.6) is 17.2 Å². The van der Waals surface area contributed by atoms with Gasteiger partial charge in [0.15, 0.2) is 18.1 Å². The number of carbonyl (C=O) groups excluding carboxylic acids is 3. The maximum atomic E-state index is 13.2. The van der Waals surface area contributed by atoms with Crippen LogP contribution in [0.2, 0.25) is 0 Å². The number of hydrogen-bond donors (Lipinski definition) is 3. The van der Waals surface area contributed by atoms with Crippen molar-refractivity contribution in [3.8, 4) is 17.2 Å². The molecule has 3 aromatic rings. The minimum absolute atomic E-state index is 0.174. The number of ether oxygens (including phenoxy) is 4. The summed E-state index contributed by atoms with van der Waals surface area (Å²) < 4.78 is 36.1. The van der Waals surface area contributed by atoms with E-state index in [1.54, 1.807) is 62.4 Å². The molecule has 44 heavy (non-hydrogen) atoms. The van der Waals surface area contributed by atoms with Crippen LogP contribution in [0, 0.1) is 5.82 Å². The maximum absolute atomic E-state index is 13.2. The normalized spacial score (nSPS) is 14.5. The van der Waals surface area contributed by atoms with Gasteiger partial charge in [0.05, 0.1) is 31.5 Å². The van der Waals surface area contributed by atoms with Crippen molar-refractivity contribution in [2.75, 3.05) is 20.3 Å². The van der Waals surface area contributed by atoms with E-state index in [1.165, 1.54) is 25.5 Å². The van der Waals surface area contributed by atoms with Gasteiger partial charge >= 0.3 is 12.0 Å². The maximum Gasteiger partial charge on any atom is 0.338 e. The standard InChI is InChI=1S/C31H30BrFN4O7/c1-4-42-30(39)28-18(2)35-31(40)36-29(28)20-7-11-25(26(14-20)41-3)44-17-27(38)37-34-15-21-13-22(32)8-12-24(21)43-16-19-5-9-23(33)10-6-19/h5-15,29H,4,16-17H2,1-3H3,(H,37,38)(H2,35,36,40)/b34-15-/t29-/m0/s1. The van der Waals surface area contributed by atoms with Crippen LogP contribution in [0.1, 0.15) is 36.6 Å². The average Bonchev–Trinajstić information content (AvgIpc) is 3.00. The van der Waals surface area contributed by atoms with Crippen LogP contribution in [0.15, 0.2) is 81.5 Å². The molecule has 0 aromatic heterocycles. The number of methoxy groups -OCH3 is 1. The van der Waals surface area contributed by atoms with Gasteiger partial charge in [-0.05, 0) is 67.4 Å². The Morgan fingerprint density at radius 3 is 2.52 bits per heavy atom. The molecule has 1 aliphatic heterocycles. The second-order valence-corrected chi connectivity index (χ2v) is 10.3. The third-order valence-corrected chi connectivity index (χ3v) is 6.81. The van der Waals surface area contributed by atoms with Crippen molar-refractivity contribution < 1.29 is 37.7 Å². The second-order valence-electron chi connectivity index (χ2n) is 9.38. The third kappa shape index (κ3) is 8.34. The highest BCUT2D eigenvalue weighted by molar-refractivity contribution is 9.10. The summed E-state index contributed by atoms with van der Waals surface area (Å²) in [6, 6.07) is 14.9. The zero-order valence-corrected chi connectivity index (χ0v) is 25.7. The lowest BCUT2D eigenvalue weighted by atomic mass is 9.95. The monoisotopic (exact) mass is 668 g/mol. The lowest BCUT2D eigenvalue weighted by Crippen LogP contribution is -2.45. The van der Waals surface area contributed by atoms with Gasteiger partial charge in [0.2, 0.25) is 0 Å². The fraction of sp³-hybridized carbons (Fsp3) is 0.226. The van der Waals surface area contributed by atoms with Crippen molar-refractivity contribution in [1.82, 2.24) is 16.1 Å². The van der Waals surface area contributed by atoms with Crippen LogP contribution in [-0.2, 0) is 20.9 Å².